The van der Waals surface area contributed by atoms with Crippen molar-refractivity contribution in [2.45, 2.75) is 13.8 Å². The summed E-state index contributed by atoms with van der Waals surface area (Å²) in [6.45, 7) is 4.14. The SMILES string of the molecule is Cc1ccc(N)c(Nc2ccccc2C)c1. The number of hydrogen-bond donors (Lipinski definition) is 2. The van der Waals surface area contributed by atoms with Crippen molar-refractivity contribution in [3.63, 3.8) is 0 Å². The fourth-order valence-corrected chi connectivity index (χ4v) is 1.64. The number of anilines is 3. The maximum atomic E-state index is 5.92. The van der Waals surface area contributed by atoms with Gasteiger partial charge in [0.1, 0.15) is 0 Å². The lowest BCUT2D eigenvalue weighted by molar-refractivity contribution is 1.41. The maximum absolute atomic E-state index is 5.92. The first kappa shape index (κ1) is 10.6. The van der Waals surface area contributed by atoms with E-state index in [9.17, 15) is 0 Å². The van der Waals surface area contributed by atoms with Crippen molar-refractivity contribution < 1.29 is 0 Å². The lowest BCUT2D eigenvalue weighted by Gasteiger charge is -2.12. The van der Waals surface area contributed by atoms with Crippen molar-refractivity contribution in [2.75, 3.05) is 11.1 Å². The third kappa shape index (κ3) is 2.16. The van der Waals surface area contributed by atoms with Crippen LogP contribution in [0.3, 0.4) is 0 Å². The third-order valence-corrected chi connectivity index (χ3v) is 2.62. The van der Waals surface area contributed by atoms with Gasteiger partial charge in [0.05, 0.1) is 11.4 Å². The Bertz CT molecular complexity index is 504. The zero-order valence-electron chi connectivity index (χ0n) is 9.62. The molecule has 2 nitrogen and oxygen atoms in total. The Morgan fingerprint density at radius 3 is 2.44 bits per heavy atom. The van der Waals surface area contributed by atoms with Crippen molar-refractivity contribution in [2.24, 2.45) is 0 Å². The van der Waals surface area contributed by atoms with E-state index in [-0.39, 0.29) is 0 Å². The highest BCUT2D eigenvalue weighted by atomic mass is 14.9. The predicted molar refractivity (Wildman–Crippen MR) is 70.1 cm³/mol. The van der Waals surface area contributed by atoms with Gasteiger partial charge in [-0.3, -0.25) is 0 Å². The second kappa shape index (κ2) is 4.27. The van der Waals surface area contributed by atoms with Crippen LogP contribution in [-0.4, -0.2) is 0 Å². The van der Waals surface area contributed by atoms with Gasteiger partial charge in [-0.25, -0.2) is 0 Å². The van der Waals surface area contributed by atoms with Crippen LogP contribution in [0.5, 0.6) is 0 Å². The molecule has 0 saturated carbocycles. The summed E-state index contributed by atoms with van der Waals surface area (Å²) in [5.41, 5.74) is 11.2. The quantitative estimate of drug-likeness (QED) is 0.746. The monoisotopic (exact) mass is 212 g/mol. The summed E-state index contributed by atoms with van der Waals surface area (Å²) in [6.07, 6.45) is 0. The van der Waals surface area contributed by atoms with Crippen LogP contribution in [0.1, 0.15) is 11.1 Å². The Labute approximate surface area is 96.1 Å². The van der Waals surface area contributed by atoms with Crippen molar-refractivity contribution in [1.82, 2.24) is 0 Å². The van der Waals surface area contributed by atoms with E-state index in [0.29, 0.717) is 0 Å². The van der Waals surface area contributed by atoms with Crippen LogP contribution in [0.2, 0.25) is 0 Å². The molecule has 0 aliphatic rings. The van der Waals surface area contributed by atoms with Crippen LogP contribution in [0.15, 0.2) is 42.5 Å². The molecule has 2 aromatic carbocycles. The second-order valence-corrected chi connectivity index (χ2v) is 4.03. The molecule has 0 heterocycles. The topological polar surface area (TPSA) is 38.0 Å². The number of benzene rings is 2. The Kier molecular flexibility index (Phi) is 2.82. The molecule has 2 heteroatoms. The third-order valence-electron chi connectivity index (χ3n) is 2.62. The van der Waals surface area contributed by atoms with Crippen molar-refractivity contribution in [1.29, 1.82) is 0 Å². The lowest BCUT2D eigenvalue weighted by Crippen LogP contribution is -1.97. The number of rotatable bonds is 2. The highest BCUT2D eigenvalue weighted by Crippen LogP contribution is 2.25. The smallest absolute Gasteiger partial charge is 0.0620 e. The lowest BCUT2D eigenvalue weighted by atomic mass is 10.1. The first-order chi connectivity index (χ1) is 7.66. The Hall–Kier alpha value is -1.96. The number of aryl methyl sites for hydroxylation is 2. The molecule has 0 spiro atoms. The molecule has 0 saturated heterocycles. The second-order valence-electron chi connectivity index (χ2n) is 4.03. The Morgan fingerprint density at radius 1 is 0.938 bits per heavy atom. The molecule has 0 aliphatic carbocycles. The van der Waals surface area contributed by atoms with Crippen LogP contribution in [0.4, 0.5) is 17.1 Å². The first-order valence-electron chi connectivity index (χ1n) is 5.35. The normalized spacial score (nSPS) is 10.1. The predicted octanol–water partition coefficient (Wildman–Crippen LogP) is 3.63. The van der Waals surface area contributed by atoms with Gasteiger partial charge >= 0.3 is 0 Å². The molecule has 82 valence electrons. The van der Waals surface area contributed by atoms with Gasteiger partial charge in [0, 0.05) is 5.69 Å². The maximum Gasteiger partial charge on any atom is 0.0620 e. The fourth-order valence-electron chi connectivity index (χ4n) is 1.64. The number of nitrogens with one attached hydrogen (secondary N) is 1. The molecule has 0 aromatic heterocycles. The van der Waals surface area contributed by atoms with Gasteiger partial charge in [0.2, 0.25) is 0 Å². The molecule has 0 radical (unpaired) electrons. The van der Waals surface area contributed by atoms with Gasteiger partial charge in [-0.1, -0.05) is 24.3 Å². The van der Waals surface area contributed by atoms with Crippen molar-refractivity contribution >= 4 is 17.1 Å². The van der Waals surface area contributed by atoms with Crippen LogP contribution in [-0.2, 0) is 0 Å². The average Bonchev–Trinajstić information content (AvgIpc) is 2.27. The molecular formula is C14H16N2. The van der Waals surface area contributed by atoms with Crippen LogP contribution < -0.4 is 11.1 Å². The van der Waals surface area contributed by atoms with Crippen molar-refractivity contribution in [3.8, 4) is 0 Å². The number of nitrogens with two attached hydrogens (primary N) is 1. The Morgan fingerprint density at radius 2 is 1.69 bits per heavy atom. The van der Waals surface area contributed by atoms with Gasteiger partial charge in [0.15, 0.2) is 0 Å². The summed E-state index contributed by atoms with van der Waals surface area (Å²) < 4.78 is 0. The Balaban J connectivity index is 2.34. The van der Waals surface area contributed by atoms with Gasteiger partial charge in [-0.15, -0.1) is 0 Å². The van der Waals surface area contributed by atoms with Crippen LogP contribution >= 0.6 is 0 Å². The van der Waals surface area contributed by atoms with E-state index < -0.39 is 0 Å². The van der Waals surface area contributed by atoms with E-state index in [0.717, 1.165) is 17.1 Å². The minimum atomic E-state index is 0.772. The van der Waals surface area contributed by atoms with E-state index in [1.165, 1.54) is 11.1 Å². The zero-order valence-corrected chi connectivity index (χ0v) is 9.62. The molecular weight excluding hydrogens is 196 g/mol. The minimum absolute atomic E-state index is 0.772. The summed E-state index contributed by atoms with van der Waals surface area (Å²) >= 11 is 0. The standard InChI is InChI=1S/C14H16N2/c1-10-7-8-12(15)14(9-10)16-13-6-4-3-5-11(13)2/h3-9,16H,15H2,1-2H3. The molecule has 2 aromatic rings. The van der Waals surface area contributed by atoms with Gasteiger partial charge in [-0.2, -0.15) is 0 Å². The molecule has 0 fully saturated rings. The molecule has 3 N–H and O–H groups in total. The van der Waals surface area contributed by atoms with E-state index >= 15 is 0 Å². The van der Waals surface area contributed by atoms with Crippen LogP contribution in [0.25, 0.3) is 0 Å². The zero-order chi connectivity index (χ0) is 11.5. The van der Waals surface area contributed by atoms with Gasteiger partial charge < -0.3 is 11.1 Å². The summed E-state index contributed by atoms with van der Waals surface area (Å²) in [4.78, 5) is 0. The molecule has 0 atom stereocenters. The number of para-hydroxylation sites is 1. The molecule has 0 bridgehead atoms. The molecule has 2 rings (SSSR count). The largest absolute Gasteiger partial charge is 0.397 e. The van der Waals surface area contributed by atoms with Gasteiger partial charge in [0.25, 0.3) is 0 Å². The molecule has 0 aliphatic heterocycles. The number of hydrogen-bond acceptors (Lipinski definition) is 2. The van der Waals surface area contributed by atoms with Gasteiger partial charge in [-0.05, 0) is 43.2 Å². The molecule has 0 amide bonds. The summed E-state index contributed by atoms with van der Waals surface area (Å²) in [5.74, 6) is 0. The highest BCUT2D eigenvalue weighted by Gasteiger charge is 2.01. The molecule has 0 unspecified atom stereocenters. The summed E-state index contributed by atoms with van der Waals surface area (Å²) in [5, 5.41) is 3.36. The highest BCUT2D eigenvalue weighted by molar-refractivity contribution is 5.74. The van der Waals surface area contributed by atoms with E-state index in [1.807, 2.05) is 24.3 Å². The summed E-state index contributed by atoms with van der Waals surface area (Å²) in [6, 6.07) is 14.2. The summed E-state index contributed by atoms with van der Waals surface area (Å²) in [7, 11) is 0. The van der Waals surface area contributed by atoms with E-state index in [4.69, 9.17) is 5.73 Å². The van der Waals surface area contributed by atoms with E-state index in [2.05, 4.69) is 37.4 Å². The number of nitrogen functional groups attached to an aromatic ring is 1. The fraction of sp³-hybridized carbons (Fsp3) is 0.143. The van der Waals surface area contributed by atoms with E-state index in [1.54, 1.807) is 0 Å². The molecule has 16 heavy (non-hydrogen) atoms. The average molecular weight is 212 g/mol. The first-order valence-corrected chi connectivity index (χ1v) is 5.35. The minimum Gasteiger partial charge on any atom is -0.397 e. The van der Waals surface area contributed by atoms with Crippen LogP contribution in [0, 0.1) is 13.8 Å². The van der Waals surface area contributed by atoms with Crippen molar-refractivity contribution in [3.05, 3.63) is 53.6 Å².